The molecule has 7 nitrogen and oxygen atoms in total. The maximum Gasteiger partial charge on any atom is 0.330 e. The van der Waals surface area contributed by atoms with E-state index in [2.05, 4.69) is 26.7 Å². The van der Waals surface area contributed by atoms with Crippen molar-refractivity contribution >= 4 is 35.2 Å². The van der Waals surface area contributed by atoms with Crippen molar-refractivity contribution in [1.29, 1.82) is 5.26 Å². The third-order valence-electron chi connectivity index (χ3n) is 4.43. The number of carbonyl (C=O) groups is 1. The predicted octanol–water partition coefficient (Wildman–Crippen LogP) is 5.03. The fourth-order valence-corrected chi connectivity index (χ4v) is 3.02. The first-order chi connectivity index (χ1) is 15.0. The predicted molar refractivity (Wildman–Crippen MR) is 121 cm³/mol. The number of aryl methyl sites for hydroxylation is 2. The van der Waals surface area contributed by atoms with Crippen LogP contribution < -0.4 is 10.6 Å². The van der Waals surface area contributed by atoms with Crippen LogP contribution in [-0.2, 0) is 9.53 Å². The molecule has 0 unspecified atom stereocenters. The Morgan fingerprint density at radius 2 is 1.84 bits per heavy atom. The summed E-state index contributed by atoms with van der Waals surface area (Å²) in [5.41, 5.74) is 5.28. The second-order valence-electron chi connectivity index (χ2n) is 6.82. The second-order valence-corrected chi connectivity index (χ2v) is 6.82. The summed E-state index contributed by atoms with van der Waals surface area (Å²) in [4.78, 5) is 20.3. The molecule has 7 heteroatoms. The van der Waals surface area contributed by atoms with E-state index in [1.54, 1.807) is 49.5 Å². The Morgan fingerprint density at radius 1 is 1.13 bits per heavy atom. The van der Waals surface area contributed by atoms with Gasteiger partial charge in [-0.1, -0.05) is 0 Å². The molecule has 3 rings (SSSR count). The summed E-state index contributed by atoms with van der Waals surface area (Å²) < 4.78 is 4.92. The molecule has 0 aliphatic rings. The Morgan fingerprint density at radius 3 is 2.48 bits per heavy atom. The number of anilines is 4. The van der Waals surface area contributed by atoms with Gasteiger partial charge in [-0.2, -0.15) is 10.2 Å². The summed E-state index contributed by atoms with van der Waals surface area (Å²) >= 11 is 0. The van der Waals surface area contributed by atoms with Crippen molar-refractivity contribution in [2.75, 3.05) is 17.2 Å². The molecule has 0 aliphatic heterocycles. The van der Waals surface area contributed by atoms with Gasteiger partial charge in [0.25, 0.3) is 0 Å². The molecule has 0 saturated heterocycles. The van der Waals surface area contributed by atoms with Crippen LogP contribution in [0.2, 0.25) is 0 Å². The average molecular weight is 413 g/mol. The Bertz CT molecular complexity index is 1120. The second kappa shape index (κ2) is 10.0. The summed E-state index contributed by atoms with van der Waals surface area (Å²) in [7, 11) is 0. The molecule has 1 aromatic heterocycles. The van der Waals surface area contributed by atoms with Crippen molar-refractivity contribution in [3.05, 3.63) is 77.0 Å². The number of nitriles is 1. The minimum Gasteiger partial charge on any atom is -0.463 e. The zero-order chi connectivity index (χ0) is 22.2. The Hall–Kier alpha value is -4.18. The van der Waals surface area contributed by atoms with Crippen LogP contribution >= 0.6 is 0 Å². The number of ether oxygens (including phenoxy) is 1. The largest absolute Gasteiger partial charge is 0.463 e. The number of aromatic nitrogens is 2. The lowest BCUT2D eigenvalue weighted by Crippen LogP contribution is -2.03. The van der Waals surface area contributed by atoms with Gasteiger partial charge in [0.2, 0.25) is 5.95 Å². The molecule has 0 bridgehead atoms. The van der Waals surface area contributed by atoms with Crippen LogP contribution in [-0.4, -0.2) is 22.5 Å². The Balaban J connectivity index is 1.75. The van der Waals surface area contributed by atoms with Crippen LogP contribution in [0.5, 0.6) is 0 Å². The van der Waals surface area contributed by atoms with E-state index in [9.17, 15) is 4.79 Å². The van der Waals surface area contributed by atoms with Crippen molar-refractivity contribution in [2.45, 2.75) is 20.8 Å². The molecule has 156 valence electrons. The lowest BCUT2D eigenvalue weighted by molar-refractivity contribution is -0.137. The quantitative estimate of drug-likeness (QED) is 0.414. The molecule has 2 aromatic carbocycles. The van der Waals surface area contributed by atoms with Gasteiger partial charge < -0.3 is 15.4 Å². The molecular formula is C24H23N5O2. The highest BCUT2D eigenvalue weighted by Gasteiger charge is 2.07. The zero-order valence-electron chi connectivity index (χ0n) is 17.6. The van der Waals surface area contributed by atoms with Gasteiger partial charge in [0.05, 0.1) is 18.2 Å². The maximum atomic E-state index is 11.5. The average Bonchev–Trinajstić information content (AvgIpc) is 2.76. The highest BCUT2D eigenvalue weighted by molar-refractivity contribution is 5.87. The first kappa shape index (κ1) is 21.5. The van der Waals surface area contributed by atoms with Crippen molar-refractivity contribution in [2.24, 2.45) is 0 Å². The van der Waals surface area contributed by atoms with Gasteiger partial charge in [-0.05, 0) is 86.0 Å². The standard InChI is InChI=1S/C24H23N5O2/c1-4-31-22(30)10-7-19-13-16(2)23(17(3)14-19)28-21-11-12-26-24(29-21)27-20-8-5-18(15-25)6-9-20/h5-14H,4H2,1-3H3,(H2,26,27,28,29). The minimum absolute atomic E-state index is 0.352. The minimum atomic E-state index is -0.358. The number of nitrogens with one attached hydrogen (secondary N) is 2. The van der Waals surface area contributed by atoms with E-state index in [0.29, 0.717) is 23.9 Å². The van der Waals surface area contributed by atoms with E-state index < -0.39 is 0 Å². The monoisotopic (exact) mass is 413 g/mol. The molecule has 0 aliphatic carbocycles. The van der Waals surface area contributed by atoms with Crippen LogP contribution in [0.4, 0.5) is 23.1 Å². The first-order valence-electron chi connectivity index (χ1n) is 9.82. The summed E-state index contributed by atoms with van der Waals surface area (Å²) in [5.74, 6) is 0.731. The third kappa shape index (κ3) is 5.90. The molecule has 2 N–H and O–H groups in total. The molecular weight excluding hydrogens is 390 g/mol. The first-order valence-corrected chi connectivity index (χ1v) is 9.82. The molecule has 0 amide bonds. The summed E-state index contributed by atoms with van der Waals surface area (Å²) in [6, 6.07) is 14.9. The third-order valence-corrected chi connectivity index (χ3v) is 4.43. The number of nitrogens with zero attached hydrogens (tertiary/aromatic N) is 3. The number of hydrogen-bond acceptors (Lipinski definition) is 7. The Labute approximate surface area is 181 Å². The highest BCUT2D eigenvalue weighted by Crippen LogP contribution is 2.26. The van der Waals surface area contributed by atoms with Crippen LogP contribution in [0.3, 0.4) is 0 Å². The summed E-state index contributed by atoms with van der Waals surface area (Å²) in [5, 5.41) is 15.4. The fourth-order valence-electron chi connectivity index (χ4n) is 3.02. The maximum absolute atomic E-state index is 11.5. The summed E-state index contributed by atoms with van der Waals surface area (Å²) in [6.45, 7) is 6.12. The van der Waals surface area contributed by atoms with Crippen molar-refractivity contribution in [1.82, 2.24) is 9.97 Å². The lowest BCUT2D eigenvalue weighted by Gasteiger charge is -2.14. The zero-order valence-corrected chi connectivity index (χ0v) is 17.6. The molecule has 0 atom stereocenters. The van der Waals surface area contributed by atoms with Crippen LogP contribution in [0.1, 0.15) is 29.2 Å². The van der Waals surface area contributed by atoms with Gasteiger partial charge in [0.1, 0.15) is 5.82 Å². The van der Waals surface area contributed by atoms with E-state index in [1.807, 2.05) is 26.0 Å². The van der Waals surface area contributed by atoms with Gasteiger partial charge in [-0.3, -0.25) is 0 Å². The lowest BCUT2D eigenvalue weighted by atomic mass is 10.0. The summed E-state index contributed by atoms with van der Waals surface area (Å²) in [6.07, 6.45) is 4.84. The molecule has 1 heterocycles. The van der Waals surface area contributed by atoms with Crippen molar-refractivity contribution in [3.63, 3.8) is 0 Å². The van der Waals surface area contributed by atoms with Gasteiger partial charge in [0.15, 0.2) is 0 Å². The molecule has 0 saturated carbocycles. The van der Waals surface area contributed by atoms with E-state index >= 15 is 0 Å². The number of esters is 1. The smallest absolute Gasteiger partial charge is 0.330 e. The van der Waals surface area contributed by atoms with Crippen LogP contribution in [0.15, 0.2) is 54.7 Å². The number of carbonyl (C=O) groups excluding carboxylic acids is 1. The SMILES string of the molecule is CCOC(=O)C=Cc1cc(C)c(Nc2ccnc(Nc3ccc(C#N)cc3)n2)c(C)c1. The van der Waals surface area contributed by atoms with E-state index in [4.69, 9.17) is 10.00 Å². The molecule has 0 radical (unpaired) electrons. The van der Waals surface area contributed by atoms with Gasteiger partial charge in [-0.25, -0.2) is 9.78 Å². The molecule has 0 spiro atoms. The molecule has 0 fully saturated rings. The van der Waals surface area contributed by atoms with Crippen molar-refractivity contribution in [3.8, 4) is 6.07 Å². The van der Waals surface area contributed by atoms with E-state index in [-0.39, 0.29) is 5.97 Å². The number of rotatable bonds is 7. The van der Waals surface area contributed by atoms with Crippen molar-refractivity contribution < 1.29 is 9.53 Å². The molecule has 3 aromatic rings. The Kier molecular flexibility index (Phi) is 6.97. The van der Waals surface area contributed by atoms with Gasteiger partial charge >= 0.3 is 5.97 Å². The molecule has 31 heavy (non-hydrogen) atoms. The van der Waals surface area contributed by atoms with Crippen LogP contribution in [0.25, 0.3) is 6.08 Å². The number of benzene rings is 2. The van der Waals surface area contributed by atoms with Gasteiger partial charge in [-0.15, -0.1) is 0 Å². The fraction of sp³-hybridized carbons (Fsp3) is 0.167. The van der Waals surface area contributed by atoms with E-state index in [1.165, 1.54) is 6.08 Å². The topological polar surface area (TPSA) is 99.9 Å². The highest BCUT2D eigenvalue weighted by atomic mass is 16.5. The van der Waals surface area contributed by atoms with Gasteiger partial charge in [0, 0.05) is 23.6 Å². The van der Waals surface area contributed by atoms with Crippen LogP contribution in [0, 0.1) is 25.2 Å². The normalized spacial score (nSPS) is 10.5. The van der Waals surface area contributed by atoms with E-state index in [0.717, 1.165) is 28.1 Å². The number of hydrogen-bond donors (Lipinski definition) is 2.